The van der Waals surface area contributed by atoms with Crippen LogP contribution in [-0.4, -0.2) is 58.1 Å². The Bertz CT molecular complexity index is 433. The third kappa shape index (κ3) is 3.91. The number of carbonyl (C=O) groups excluding carboxylic acids is 1. The molecule has 0 aromatic rings. The molecular weight excluding hydrogens is 284 g/mol. The summed E-state index contributed by atoms with van der Waals surface area (Å²) >= 11 is 0. The van der Waals surface area contributed by atoms with E-state index in [2.05, 4.69) is 4.72 Å². The third-order valence-corrected chi connectivity index (χ3v) is 5.37. The molecule has 0 radical (unpaired) electrons. The Balaban J connectivity index is 1.88. The number of ether oxygens (including phenoxy) is 2. The van der Waals surface area contributed by atoms with Crippen LogP contribution in [0.4, 0.5) is 0 Å². The van der Waals surface area contributed by atoms with E-state index in [1.165, 1.54) is 4.31 Å². The van der Waals surface area contributed by atoms with Crippen LogP contribution in [0.5, 0.6) is 0 Å². The Kier molecular flexibility index (Phi) is 5.36. The molecule has 0 saturated carbocycles. The zero-order valence-corrected chi connectivity index (χ0v) is 12.5. The number of nitrogens with zero attached hydrogens (tertiary/aromatic N) is 1. The Morgan fingerprint density at radius 1 is 1.40 bits per heavy atom. The maximum atomic E-state index is 12.0. The molecule has 20 heavy (non-hydrogen) atoms. The van der Waals surface area contributed by atoms with Crippen LogP contribution < -0.4 is 4.72 Å². The predicted molar refractivity (Wildman–Crippen MR) is 72.2 cm³/mol. The summed E-state index contributed by atoms with van der Waals surface area (Å²) in [6, 6.07) is 0. The summed E-state index contributed by atoms with van der Waals surface area (Å²) in [5, 5.41) is 0. The Morgan fingerprint density at radius 3 is 2.75 bits per heavy atom. The van der Waals surface area contributed by atoms with Crippen LogP contribution in [0.1, 0.15) is 25.7 Å². The van der Waals surface area contributed by atoms with Gasteiger partial charge in [0.25, 0.3) is 0 Å². The molecule has 0 aromatic heterocycles. The van der Waals surface area contributed by atoms with Crippen molar-refractivity contribution in [2.75, 3.05) is 33.4 Å². The SMILES string of the molecule is COC1COCCC1CC(=O)NS(=O)(=O)N1CCCC1. The molecule has 2 rings (SSSR count). The minimum absolute atomic E-state index is 0.00234. The van der Waals surface area contributed by atoms with E-state index in [-0.39, 0.29) is 18.4 Å². The van der Waals surface area contributed by atoms with Gasteiger partial charge in [-0.25, -0.2) is 4.72 Å². The van der Waals surface area contributed by atoms with Crippen LogP contribution in [0, 0.1) is 5.92 Å². The average Bonchev–Trinajstić information content (AvgIpc) is 2.93. The fraction of sp³-hybridized carbons (Fsp3) is 0.917. The fourth-order valence-electron chi connectivity index (χ4n) is 2.67. The van der Waals surface area contributed by atoms with Crippen molar-refractivity contribution in [1.82, 2.24) is 9.03 Å². The molecule has 2 heterocycles. The van der Waals surface area contributed by atoms with Gasteiger partial charge in [-0.3, -0.25) is 4.79 Å². The Hall–Kier alpha value is -0.700. The molecule has 1 N–H and O–H groups in total. The summed E-state index contributed by atoms with van der Waals surface area (Å²) in [6.07, 6.45) is 2.40. The van der Waals surface area contributed by atoms with Gasteiger partial charge in [0, 0.05) is 33.2 Å². The lowest BCUT2D eigenvalue weighted by Gasteiger charge is -2.30. The van der Waals surface area contributed by atoms with Crippen molar-refractivity contribution in [2.45, 2.75) is 31.8 Å². The van der Waals surface area contributed by atoms with E-state index in [4.69, 9.17) is 9.47 Å². The summed E-state index contributed by atoms with van der Waals surface area (Å²) in [6.45, 7) is 2.01. The molecule has 2 atom stereocenters. The highest BCUT2D eigenvalue weighted by Crippen LogP contribution is 2.21. The van der Waals surface area contributed by atoms with E-state index >= 15 is 0 Å². The topological polar surface area (TPSA) is 84.9 Å². The number of rotatable bonds is 5. The maximum absolute atomic E-state index is 12.0. The van der Waals surface area contributed by atoms with Gasteiger partial charge in [0.1, 0.15) is 0 Å². The largest absolute Gasteiger partial charge is 0.379 e. The van der Waals surface area contributed by atoms with Crippen molar-refractivity contribution in [2.24, 2.45) is 5.92 Å². The highest BCUT2D eigenvalue weighted by Gasteiger charge is 2.31. The van der Waals surface area contributed by atoms with E-state index in [1.54, 1.807) is 7.11 Å². The first-order valence-electron chi connectivity index (χ1n) is 6.94. The Labute approximate surface area is 119 Å². The molecule has 0 aliphatic carbocycles. The molecule has 0 spiro atoms. The van der Waals surface area contributed by atoms with Crippen LogP contribution in [-0.2, 0) is 24.5 Å². The molecule has 2 aliphatic heterocycles. The normalized spacial score (nSPS) is 28.4. The van der Waals surface area contributed by atoms with Crippen molar-refractivity contribution in [3.8, 4) is 0 Å². The molecule has 2 aliphatic rings. The van der Waals surface area contributed by atoms with Crippen molar-refractivity contribution in [1.29, 1.82) is 0 Å². The molecule has 116 valence electrons. The molecular formula is C12H22N2O5S. The molecule has 2 saturated heterocycles. The van der Waals surface area contributed by atoms with E-state index in [0.717, 1.165) is 12.8 Å². The number of hydrogen-bond donors (Lipinski definition) is 1. The monoisotopic (exact) mass is 306 g/mol. The average molecular weight is 306 g/mol. The fourth-order valence-corrected chi connectivity index (χ4v) is 3.91. The minimum atomic E-state index is -3.67. The molecule has 0 aromatic carbocycles. The molecule has 8 heteroatoms. The second-order valence-corrected chi connectivity index (χ2v) is 6.91. The first kappa shape index (κ1) is 15.7. The smallest absolute Gasteiger partial charge is 0.303 e. The first-order valence-corrected chi connectivity index (χ1v) is 8.38. The molecule has 7 nitrogen and oxygen atoms in total. The van der Waals surface area contributed by atoms with Gasteiger partial charge >= 0.3 is 10.2 Å². The van der Waals surface area contributed by atoms with Crippen LogP contribution in [0.15, 0.2) is 0 Å². The van der Waals surface area contributed by atoms with Gasteiger partial charge in [0.2, 0.25) is 5.91 Å². The molecule has 2 fully saturated rings. The number of methoxy groups -OCH3 is 1. The highest BCUT2D eigenvalue weighted by molar-refractivity contribution is 7.87. The lowest BCUT2D eigenvalue weighted by Crippen LogP contribution is -2.44. The van der Waals surface area contributed by atoms with E-state index in [0.29, 0.717) is 32.7 Å². The van der Waals surface area contributed by atoms with Crippen molar-refractivity contribution in [3.63, 3.8) is 0 Å². The highest BCUT2D eigenvalue weighted by atomic mass is 32.2. The number of nitrogens with one attached hydrogen (secondary N) is 1. The van der Waals surface area contributed by atoms with Gasteiger partial charge in [-0.2, -0.15) is 12.7 Å². The van der Waals surface area contributed by atoms with E-state index in [1.807, 2.05) is 0 Å². The molecule has 2 unspecified atom stereocenters. The predicted octanol–water partition coefficient (Wildman–Crippen LogP) is -0.115. The van der Waals surface area contributed by atoms with Crippen molar-refractivity contribution < 1.29 is 22.7 Å². The van der Waals surface area contributed by atoms with Gasteiger partial charge in [0.05, 0.1) is 12.7 Å². The van der Waals surface area contributed by atoms with Gasteiger partial charge in [-0.1, -0.05) is 0 Å². The molecule has 0 bridgehead atoms. The number of amides is 1. The lowest BCUT2D eigenvalue weighted by molar-refractivity contribution is -0.124. The van der Waals surface area contributed by atoms with Crippen LogP contribution in [0.25, 0.3) is 0 Å². The Morgan fingerprint density at radius 2 is 2.10 bits per heavy atom. The quantitative estimate of drug-likeness (QED) is 0.766. The van der Waals surface area contributed by atoms with Crippen molar-refractivity contribution >= 4 is 16.1 Å². The number of hydrogen-bond acceptors (Lipinski definition) is 5. The van der Waals surface area contributed by atoms with Gasteiger partial charge in [-0.05, 0) is 25.2 Å². The van der Waals surface area contributed by atoms with E-state index < -0.39 is 16.1 Å². The maximum Gasteiger partial charge on any atom is 0.303 e. The standard InChI is InChI=1S/C12H22N2O5S/c1-18-11-9-19-7-4-10(11)8-12(15)13-20(16,17)14-5-2-3-6-14/h10-11H,2-9H2,1H3,(H,13,15). The van der Waals surface area contributed by atoms with Crippen LogP contribution >= 0.6 is 0 Å². The zero-order valence-electron chi connectivity index (χ0n) is 11.7. The summed E-state index contributed by atoms with van der Waals surface area (Å²) in [5.41, 5.74) is 0. The second-order valence-electron chi connectivity index (χ2n) is 5.24. The number of carbonyl (C=O) groups is 1. The lowest BCUT2D eigenvalue weighted by atomic mass is 9.93. The van der Waals surface area contributed by atoms with Crippen LogP contribution in [0.3, 0.4) is 0 Å². The summed E-state index contributed by atoms with van der Waals surface area (Å²) in [4.78, 5) is 11.9. The third-order valence-electron chi connectivity index (χ3n) is 3.84. The summed E-state index contributed by atoms with van der Waals surface area (Å²) in [5.74, 6) is -0.464. The van der Waals surface area contributed by atoms with Gasteiger partial charge < -0.3 is 9.47 Å². The minimum Gasteiger partial charge on any atom is -0.379 e. The van der Waals surface area contributed by atoms with Crippen LogP contribution in [0.2, 0.25) is 0 Å². The van der Waals surface area contributed by atoms with Crippen molar-refractivity contribution in [3.05, 3.63) is 0 Å². The zero-order chi connectivity index (χ0) is 14.6. The summed E-state index contributed by atoms with van der Waals surface area (Å²) < 4.78 is 38.0. The van der Waals surface area contributed by atoms with Gasteiger partial charge in [-0.15, -0.1) is 0 Å². The van der Waals surface area contributed by atoms with Gasteiger partial charge in [0.15, 0.2) is 0 Å². The summed E-state index contributed by atoms with van der Waals surface area (Å²) in [7, 11) is -2.10. The molecule has 1 amide bonds. The van der Waals surface area contributed by atoms with E-state index in [9.17, 15) is 13.2 Å². The first-order chi connectivity index (χ1) is 9.53. The second kappa shape index (κ2) is 6.84.